The fourth-order valence-electron chi connectivity index (χ4n) is 1.56. The summed E-state index contributed by atoms with van der Waals surface area (Å²) in [5.41, 5.74) is 2.39. The van der Waals surface area contributed by atoms with Gasteiger partial charge in [0.15, 0.2) is 5.12 Å². The highest BCUT2D eigenvalue weighted by Gasteiger charge is 1.97. The molecule has 2 aromatic rings. The molecule has 3 heteroatoms. The molecule has 2 aromatic carbocycles. The lowest BCUT2D eigenvalue weighted by atomic mass is 10.1. The summed E-state index contributed by atoms with van der Waals surface area (Å²) in [4.78, 5) is 22.4. The van der Waals surface area contributed by atoms with Gasteiger partial charge in [0.1, 0.15) is 6.29 Å². The average molecular weight is 280 g/mol. The molecule has 0 saturated heterocycles. The lowest BCUT2D eigenvalue weighted by Gasteiger charge is -1.96. The first-order valence-corrected chi connectivity index (χ1v) is 6.85. The van der Waals surface area contributed by atoms with Gasteiger partial charge in [-0.3, -0.25) is 9.59 Å². The van der Waals surface area contributed by atoms with Crippen molar-refractivity contribution in [3.05, 3.63) is 65.2 Å². The van der Waals surface area contributed by atoms with Crippen LogP contribution in [0.15, 0.2) is 53.4 Å². The fraction of sp³-hybridized carbons (Fsp3) is 0.0588. The molecule has 0 heterocycles. The Hall–Kier alpha value is -2.31. The largest absolute Gasteiger partial charge is 0.298 e. The number of carbonyl (C=O) groups is 2. The van der Waals surface area contributed by atoms with Crippen molar-refractivity contribution in [3.63, 3.8) is 0 Å². The SMILES string of the molecule is CC(=O)Sc1ccc(C#Cc2ccc(C=O)cc2)cc1. The van der Waals surface area contributed by atoms with Gasteiger partial charge in [0.2, 0.25) is 0 Å². The average Bonchev–Trinajstić information content (AvgIpc) is 2.46. The first kappa shape index (κ1) is 14.1. The minimum absolute atomic E-state index is 0.0686. The number of aldehydes is 1. The molecule has 20 heavy (non-hydrogen) atoms. The Labute approximate surface area is 122 Å². The zero-order valence-corrected chi connectivity index (χ0v) is 11.7. The number of thioether (sulfide) groups is 1. The quantitative estimate of drug-likeness (QED) is 0.479. The Kier molecular flexibility index (Phi) is 4.75. The Balaban J connectivity index is 2.11. The highest BCUT2D eigenvalue weighted by atomic mass is 32.2. The maximum absolute atomic E-state index is 11.0. The Bertz CT molecular complexity index is 674. The smallest absolute Gasteiger partial charge is 0.190 e. The van der Waals surface area contributed by atoms with E-state index in [9.17, 15) is 9.59 Å². The van der Waals surface area contributed by atoms with Gasteiger partial charge in [0, 0.05) is 28.5 Å². The van der Waals surface area contributed by atoms with E-state index in [0.717, 1.165) is 22.3 Å². The van der Waals surface area contributed by atoms with Crippen LogP contribution >= 0.6 is 11.8 Å². The minimum atomic E-state index is 0.0686. The number of rotatable bonds is 2. The third-order valence-electron chi connectivity index (χ3n) is 2.51. The van der Waals surface area contributed by atoms with Gasteiger partial charge < -0.3 is 0 Å². The van der Waals surface area contributed by atoms with Crippen LogP contribution in [0.4, 0.5) is 0 Å². The molecular weight excluding hydrogens is 268 g/mol. The zero-order valence-electron chi connectivity index (χ0n) is 10.9. The van der Waals surface area contributed by atoms with E-state index in [1.54, 1.807) is 19.1 Å². The van der Waals surface area contributed by atoms with Crippen molar-refractivity contribution in [2.45, 2.75) is 11.8 Å². The van der Waals surface area contributed by atoms with Crippen LogP contribution in [-0.2, 0) is 4.79 Å². The van der Waals surface area contributed by atoms with E-state index < -0.39 is 0 Å². The van der Waals surface area contributed by atoms with Gasteiger partial charge >= 0.3 is 0 Å². The summed E-state index contributed by atoms with van der Waals surface area (Å²) in [7, 11) is 0. The van der Waals surface area contributed by atoms with E-state index in [0.29, 0.717) is 5.56 Å². The molecule has 0 aliphatic carbocycles. The molecule has 0 N–H and O–H groups in total. The van der Waals surface area contributed by atoms with Gasteiger partial charge in [-0.05, 0) is 36.4 Å². The van der Waals surface area contributed by atoms with Gasteiger partial charge in [0.25, 0.3) is 0 Å². The third-order valence-corrected chi connectivity index (χ3v) is 3.31. The number of carbonyl (C=O) groups excluding carboxylic acids is 2. The number of benzene rings is 2. The highest BCUT2D eigenvalue weighted by molar-refractivity contribution is 8.13. The highest BCUT2D eigenvalue weighted by Crippen LogP contribution is 2.18. The molecule has 0 radical (unpaired) electrons. The van der Waals surface area contributed by atoms with E-state index in [-0.39, 0.29) is 5.12 Å². The summed E-state index contributed by atoms with van der Waals surface area (Å²) in [6.07, 6.45) is 0.808. The maximum Gasteiger partial charge on any atom is 0.190 e. The summed E-state index contributed by atoms with van der Waals surface area (Å²) in [6, 6.07) is 14.6. The van der Waals surface area contributed by atoms with E-state index in [2.05, 4.69) is 11.8 Å². The molecule has 0 fully saturated rings. The maximum atomic E-state index is 11.0. The lowest BCUT2D eigenvalue weighted by molar-refractivity contribution is -0.109. The second kappa shape index (κ2) is 6.74. The van der Waals surface area contributed by atoms with E-state index >= 15 is 0 Å². The fourth-order valence-corrected chi connectivity index (χ4v) is 2.17. The first-order chi connectivity index (χ1) is 9.67. The van der Waals surface area contributed by atoms with Crippen LogP contribution in [0.3, 0.4) is 0 Å². The minimum Gasteiger partial charge on any atom is -0.298 e. The van der Waals surface area contributed by atoms with Crippen LogP contribution in [0.2, 0.25) is 0 Å². The summed E-state index contributed by atoms with van der Waals surface area (Å²) >= 11 is 1.21. The zero-order chi connectivity index (χ0) is 14.4. The molecule has 0 amide bonds. The molecule has 2 nitrogen and oxygen atoms in total. The van der Waals surface area contributed by atoms with Gasteiger partial charge in [-0.1, -0.05) is 35.7 Å². The summed E-state index contributed by atoms with van der Waals surface area (Å²) in [5, 5.41) is 0.0686. The second-order valence-electron chi connectivity index (χ2n) is 4.11. The molecule has 0 atom stereocenters. The van der Waals surface area contributed by atoms with Crippen LogP contribution in [0.5, 0.6) is 0 Å². The van der Waals surface area contributed by atoms with Crippen molar-refractivity contribution < 1.29 is 9.59 Å². The molecule has 98 valence electrons. The van der Waals surface area contributed by atoms with E-state index in [4.69, 9.17) is 0 Å². The van der Waals surface area contributed by atoms with Crippen molar-refractivity contribution in [2.24, 2.45) is 0 Å². The third kappa shape index (κ3) is 4.11. The van der Waals surface area contributed by atoms with Crippen molar-refractivity contribution in [2.75, 3.05) is 0 Å². The van der Waals surface area contributed by atoms with Crippen molar-refractivity contribution in [1.29, 1.82) is 0 Å². The predicted octanol–water partition coefficient (Wildman–Crippen LogP) is 3.54. The van der Waals surface area contributed by atoms with Crippen LogP contribution in [0, 0.1) is 11.8 Å². The Morgan fingerprint density at radius 1 is 0.950 bits per heavy atom. The second-order valence-corrected chi connectivity index (χ2v) is 5.36. The molecule has 0 aromatic heterocycles. The molecule has 0 aliphatic rings. The van der Waals surface area contributed by atoms with Crippen LogP contribution in [0.1, 0.15) is 28.4 Å². The van der Waals surface area contributed by atoms with Gasteiger partial charge in [-0.25, -0.2) is 0 Å². The molecular formula is C17H12O2S. The molecule has 0 aliphatic heterocycles. The monoisotopic (exact) mass is 280 g/mol. The molecule has 2 rings (SSSR count). The van der Waals surface area contributed by atoms with Crippen molar-refractivity contribution >= 4 is 23.2 Å². The number of hydrogen-bond acceptors (Lipinski definition) is 3. The topological polar surface area (TPSA) is 34.1 Å². The normalized spacial score (nSPS) is 9.45. The van der Waals surface area contributed by atoms with Crippen LogP contribution in [-0.4, -0.2) is 11.4 Å². The lowest BCUT2D eigenvalue weighted by Crippen LogP contribution is -1.82. The van der Waals surface area contributed by atoms with Crippen LogP contribution in [0.25, 0.3) is 0 Å². The Morgan fingerprint density at radius 3 is 1.90 bits per heavy atom. The Morgan fingerprint density at radius 2 is 1.45 bits per heavy atom. The molecule has 0 saturated carbocycles. The summed E-state index contributed by atoms with van der Waals surface area (Å²) in [6.45, 7) is 1.54. The van der Waals surface area contributed by atoms with E-state index in [1.165, 1.54) is 11.8 Å². The summed E-state index contributed by atoms with van der Waals surface area (Å²) < 4.78 is 0. The molecule has 0 spiro atoms. The van der Waals surface area contributed by atoms with Crippen molar-refractivity contribution in [1.82, 2.24) is 0 Å². The standard InChI is InChI=1S/C17H12O2S/c1-13(19)20-17-10-8-15(9-11-17)3-2-14-4-6-16(12-18)7-5-14/h4-12H,1H3. The predicted molar refractivity (Wildman–Crippen MR) is 80.8 cm³/mol. The molecule has 0 bridgehead atoms. The number of hydrogen-bond donors (Lipinski definition) is 0. The molecule has 0 unspecified atom stereocenters. The summed E-state index contributed by atoms with van der Waals surface area (Å²) in [5.74, 6) is 6.08. The van der Waals surface area contributed by atoms with Gasteiger partial charge in [0.05, 0.1) is 0 Å². The van der Waals surface area contributed by atoms with Crippen molar-refractivity contribution in [3.8, 4) is 11.8 Å². The van der Waals surface area contributed by atoms with Gasteiger partial charge in [-0.2, -0.15) is 0 Å². The van der Waals surface area contributed by atoms with Crippen LogP contribution < -0.4 is 0 Å². The van der Waals surface area contributed by atoms with E-state index in [1.807, 2.05) is 36.4 Å². The van der Waals surface area contributed by atoms with Gasteiger partial charge in [-0.15, -0.1) is 0 Å². The first-order valence-electron chi connectivity index (χ1n) is 6.03.